The summed E-state index contributed by atoms with van der Waals surface area (Å²) in [5.41, 5.74) is 0.682. The summed E-state index contributed by atoms with van der Waals surface area (Å²) in [6.45, 7) is 8.60. The first-order valence-electron chi connectivity index (χ1n) is 14.2. The van der Waals surface area contributed by atoms with Gasteiger partial charge in [-0.05, 0) is 63.1 Å². The molecule has 11 nitrogen and oxygen atoms in total. The Balaban J connectivity index is 2.48. The maximum absolute atomic E-state index is 13.7. The number of carbonyl (C=O) groups is 3. The van der Waals surface area contributed by atoms with Crippen LogP contribution < -0.4 is 24.8 Å². The van der Waals surface area contributed by atoms with Crippen LogP contribution in [0.1, 0.15) is 52.2 Å². The van der Waals surface area contributed by atoms with E-state index in [4.69, 9.17) is 18.9 Å². The quantitative estimate of drug-likeness (QED) is 0.237. The Kier molecular flexibility index (Phi) is 13.1. The predicted molar refractivity (Wildman–Crippen MR) is 162 cm³/mol. The minimum Gasteiger partial charge on any atom is -0.493 e. The third-order valence-electron chi connectivity index (χ3n) is 6.84. The second kappa shape index (κ2) is 16.0. The number of amides is 2. The normalized spacial score (nSPS) is 14.2. The lowest BCUT2D eigenvalue weighted by molar-refractivity contribution is -0.144. The lowest BCUT2D eigenvalue weighted by Gasteiger charge is -2.30. The summed E-state index contributed by atoms with van der Waals surface area (Å²) in [5.74, 6) is -1.92. The number of carboxylic acids is 1. The van der Waals surface area contributed by atoms with Crippen LogP contribution in [-0.4, -0.2) is 73.3 Å². The van der Waals surface area contributed by atoms with Gasteiger partial charge in [-0.25, -0.2) is 9.59 Å². The van der Waals surface area contributed by atoms with Crippen molar-refractivity contribution < 1.29 is 43.5 Å². The molecular weight excluding hydrogens is 556 g/mol. The van der Waals surface area contributed by atoms with Crippen molar-refractivity contribution in [1.82, 2.24) is 10.6 Å². The van der Waals surface area contributed by atoms with Gasteiger partial charge in [0.05, 0.1) is 33.5 Å². The van der Waals surface area contributed by atoms with Gasteiger partial charge in [-0.1, -0.05) is 50.2 Å². The molecule has 4 atom stereocenters. The Morgan fingerprint density at radius 3 is 2.00 bits per heavy atom. The summed E-state index contributed by atoms with van der Waals surface area (Å²) in [4.78, 5) is 38.3. The van der Waals surface area contributed by atoms with E-state index < -0.39 is 47.7 Å². The maximum Gasteiger partial charge on any atom is 0.407 e. The first-order valence-corrected chi connectivity index (χ1v) is 14.2. The molecule has 0 saturated heterocycles. The number of benzene rings is 2. The summed E-state index contributed by atoms with van der Waals surface area (Å²) in [7, 11) is 4.42. The smallest absolute Gasteiger partial charge is 0.407 e. The Morgan fingerprint density at radius 2 is 1.49 bits per heavy atom. The van der Waals surface area contributed by atoms with Gasteiger partial charge < -0.3 is 39.8 Å². The standard InChI is InChI=1S/C32H46N2O9/c1-19(2)26(30(37)38)34-29(36)22(17-21-14-15-25(40-6)28(42-8)27(21)41-7)18-24(35)23(16-20-12-10-9-11-13-20)33-31(39)43-32(3,4)5/h9-15,19,22-24,26,35H,16-18H2,1-8H3,(H,33,39)(H,34,36)(H,37,38)/t22?,23?,24?,26-/m0/s1. The Hall–Kier alpha value is -3.99. The topological polar surface area (TPSA) is 153 Å². The highest BCUT2D eigenvalue weighted by Crippen LogP contribution is 2.41. The molecule has 2 aromatic rings. The van der Waals surface area contributed by atoms with Crippen molar-refractivity contribution in [2.24, 2.45) is 11.8 Å². The minimum absolute atomic E-state index is 0.0708. The van der Waals surface area contributed by atoms with Gasteiger partial charge in [0.15, 0.2) is 11.5 Å². The number of aliphatic carboxylic acids is 1. The SMILES string of the molecule is COc1ccc(CC(CC(O)C(Cc2ccccc2)NC(=O)OC(C)(C)C)C(=O)N[C@H](C(=O)O)C(C)C)c(OC)c1OC. The van der Waals surface area contributed by atoms with Crippen LogP contribution in [0.2, 0.25) is 0 Å². The molecule has 0 fully saturated rings. The summed E-state index contributed by atoms with van der Waals surface area (Å²) in [5, 5.41) is 26.7. The monoisotopic (exact) mass is 602 g/mol. The maximum atomic E-state index is 13.7. The van der Waals surface area contributed by atoms with Crippen molar-refractivity contribution in [3.8, 4) is 17.2 Å². The van der Waals surface area contributed by atoms with E-state index in [1.54, 1.807) is 46.8 Å². The molecule has 238 valence electrons. The first-order chi connectivity index (χ1) is 20.2. The zero-order valence-electron chi connectivity index (χ0n) is 26.3. The van der Waals surface area contributed by atoms with Crippen molar-refractivity contribution in [1.29, 1.82) is 0 Å². The lowest BCUT2D eigenvalue weighted by atomic mass is 9.87. The number of aliphatic hydroxyl groups excluding tert-OH is 1. The van der Waals surface area contributed by atoms with Gasteiger partial charge in [-0.2, -0.15) is 0 Å². The summed E-state index contributed by atoms with van der Waals surface area (Å²) >= 11 is 0. The molecule has 0 spiro atoms. The number of rotatable bonds is 15. The third-order valence-corrected chi connectivity index (χ3v) is 6.84. The van der Waals surface area contributed by atoms with Crippen LogP contribution in [0.3, 0.4) is 0 Å². The van der Waals surface area contributed by atoms with Crippen molar-refractivity contribution in [3.63, 3.8) is 0 Å². The van der Waals surface area contributed by atoms with Crippen LogP contribution in [0.15, 0.2) is 42.5 Å². The average Bonchev–Trinajstić information content (AvgIpc) is 2.93. The van der Waals surface area contributed by atoms with E-state index >= 15 is 0 Å². The van der Waals surface area contributed by atoms with Crippen LogP contribution in [-0.2, 0) is 27.2 Å². The van der Waals surface area contributed by atoms with Crippen molar-refractivity contribution in [3.05, 3.63) is 53.6 Å². The molecule has 11 heteroatoms. The minimum atomic E-state index is -1.21. The molecule has 0 aromatic heterocycles. The van der Waals surface area contributed by atoms with Crippen molar-refractivity contribution in [2.75, 3.05) is 21.3 Å². The van der Waals surface area contributed by atoms with Gasteiger partial charge >= 0.3 is 12.1 Å². The highest BCUT2D eigenvalue weighted by Gasteiger charge is 2.33. The highest BCUT2D eigenvalue weighted by molar-refractivity contribution is 5.85. The fourth-order valence-corrected chi connectivity index (χ4v) is 4.72. The second-order valence-electron chi connectivity index (χ2n) is 11.7. The van der Waals surface area contributed by atoms with Crippen molar-refractivity contribution >= 4 is 18.0 Å². The number of alkyl carbamates (subject to hydrolysis) is 1. The molecule has 0 saturated carbocycles. The zero-order valence-corrected chi connectivity index (χ0v) is 26.3. The van der Waals surface area contributed by atoms with E-state index in [9.17, 15) is 24.6 Å². The van der Waals surface area contributed by atoms with E-state index in [0.29, 0.717) is 22.8 Å². The van der Waals surface area contributed by atoms with Gasteiger partial charge in [-0.15, -0.1) is 0 Å². The van der Waals surface area contributed by atoms with Crippen LogP contribution in [0.25, 0.3) is 0 Å². The largest absolute Gasteiger partial charge is 0.493 e. The third kappa shape index (κ3) is 10.7. The molecule has 0 heterocycles. The van der Waals surface area contributed by atoms with Crippen LogP contribution >= 0.6 is 0 Å². The molecule has 0 aliphatic heterocycles. The molecular formula is C32H46N2O9. The van der Waals surface area contributed by atoms with Crippen molar-refractivity contribution in [2.45, 2.75) is 77.7 Å². The number of carbonyl (C=O) groups excluding carboxylic acids is 2. The Labute approximate surface area is 253 Å². The summed E-state index contributed by atoms with van der Waals surface area (Å²) in [6, 6.07) is 10.8. The van der Waals surface area contributed by atoms with Crippen LogP contribution in [0, 0.1) is 11.8 Å². The summed E-state index contributed by atoms with van der Waals surface area (Å²) < 4.78 is 21.9. The number of carboxylic acid groups (broad SMARTS) is 1. The van der Waals surface area contributed by atoms with Gasteiger partial charge in [0, 0.05) is 5.92 Å². The fourth-order valence-electron chi connectivity index (χ4n) is 4.72. The predicted octanol–water partition coefficient (Wildman–Crippen LogP) is 3.98. The van der Waals surface area contributed by atoms with E-state index in [1.165, 1.54) is 21.3 Å². The molecule has 0 bridgehead atoms. The summed E-state index contributed by atoms with van der Waals surface area (Å²) in [6.07, 6.45) is -1.70. The number of aliphatic hydroxyl groups is 1. The molecule has 2 aromatic carbocycles. The molecule has 2 rings (SSSR count). The molecule has 43 heavy (non-hydrogen) atoms. The molecule has 0 radical (unpaired) electrons. The molecule has 4 N–H and O–H groups in total. The van der Waals surface area contributed by atoms with Gasteiger partial charge in [0.25, 0.3) is 0 Å². The van der Waals surface area contributed by atoms with Gasteiger partial charge in [0.2, 0.25) is 11.7 Å². The molecule has 2 amide bonds. The molecule has 0 aliphatic carbocycles. The highest BCUT2D eigenvalue weighted by atomic mass is 16.6. The van der Waals surface area contributed by atoms with E-state index in [0.717, 1.165) is 5.56 Å². The number of ether oxygens (including phenoxy) is 4. The van der Waals surface area contributed by atoms with E-state index in [1.807, 2.05) is 30.3 Å². The number of nitrogens with one attached hydrogen (secondary N) is 2. The van der Waals surface area contributed by atoms with Crippen LogP contribution in [0.5, 0.6) is 17.2 Å². The Morgan fingerprint density at radius 1 is 0.860 bits per heavy atom. The first kappa shape index (κ1) is 35.2. The van der Waals surface area contributed by atoms with Gasteiger partial charge in [-0.3, -0.25) is 4.79 Å². The molecule has 0 aliphatic rings. The number of hydrogen-bond acceptors (Lipinski definition) is 8. The van der Waals surface area contributed by atoms with E-state index in [-0.39, 0.29) is 25.2 Å². The zero-order chi connectivity index (χ0) is 32.3. The number of methoxy groups -OCH3 is 3. The fraction of sp³-hybridized carbons (Fsp3) is 0.531. The van der Waals surface area contributed by atoms with E-state index in [2.05, 4.69) is 10.6 Å². The van der Waals surface area contributed by atoms with Crippen LogP contribution in [0.4, 0.5) is 4.79 Å². The second-order valence-corrected chi connectivity index (χ2v) is 11.7. The van der Waals surface area contributed by atoms with Gasteiger partial charge in [0.1, 0.15) is 11.6 Å². The average molecular weight is 603 g/mol. The lowest BCUT2D eigenvalue weighted by Crippen LogP contribution is -2.50. The number of hydrogen-bond donors (Lipinski definition) is 4. The molecule has 3 unspecified atom stereocenters. The Bertz CT molecular complexity index is 1210.